The molecule has 1 radical (unpaired) electrons. The van der Waals surface area contributed by atoms with Gasteiger partial charge in [-0.25, -0.2) is 0 Å². The molecule has 0 aliphatic carbocycles. The van der Waals surface area contributed by atoms with Gasteiger partial charge < -0.3 is 28.6 Å². The Balaban J connectivity index is -0.0000000948. The average molecular weight is 339 g/mol. The second-order valence-electron chi connectivity index (χ2n) is 3.80. The largest absolute Gasteiger partial charge is 1.00 e. The molecule has 0 bridgehead atoms. The van der Waals surface area contributed by atoms with Crippen LogP contribution in [0.3, 0.4) is 0 Å². The maximum absolute atomic E-state index is 8.55. The Bertz CT molecular complexity index is 224. The molecule has 0 unspecified atom stereocenters. The quantitative estimate of drug-likeness (QED) is 0.321. The van der Waals surface area contributed by atoms with Crippen LogP contribution in [-0.2, 0) is 13.9 Å². The second-order valence-corrected chi connectivity index (χ2v) is 4.69. The van der Waals surface area contributed by atoms with Gasteiger partial charge in [0.15, 0.2) is 0 Å². The van der Waals surface area contributed by atoms with Crippen molar-refractivity contribution in [3.8, 4) is 0 Å². The molecule has 6 nitrogen and oxygen atoms in total. The molecule has 0 aromatic rings. The summed E-state index contributed by atoms with van der Waals surface area (Å²) in [7, 11) is -3.97. The fourth-order valence-corrected chi connectivity index (χ4v) is 0.548. The molecule has 0 aromatic carbocycles. The summed E-state index contributed by atoms with van der Waals surface area (Å²) in [5.41, 5.74) is -0.375. The molecule has 1 aliphatic rings. The molecule has 0 spiro atoms. The minimum atomic E-state index is -5.39. The van der Waals surface area contributed by atoms with Gasteiger partial charge in [0.05, 0.1) is 11.2 Å². The summed E-state index contributed by atoms with van der Waals surface area (Å²) >= 11 is 0. The van der Waals surface area contributed by atoms with E-state index in [0.29, 0.717) is 0 Å². The molecule has 83 valence electrons. The van der Waals surface area contributed by atoms with Crippen LogP contribution in [0.15, 0.2) is 0 Å². The minimum Gasteiger partial charge on any atom is -0.822 e. The molecular weight excluding hydrogens is 327 g/mol. The molecule has 1 heterocycles. The van der Waals surface area contributed by atoms with E-state index in [1.807, 2.05) is 27.7 Å². The maximum atomic E-state index is 8.55. The monoisotopic (exact) mass is 339 g/mol. The number of hydrogen-bond acceptors (Lipinski definition) is 6. The van der Waals surface area contributed by atoms with Gasteiger partial charge in [0.1, 0.15) is 0 Å². The molecule has 0 saturated carbocycles. The first-order chi connectivity index (χ1) is 5.96. The predicted molar refractivity (Wildman–Crippen MR) is 43.7 cm³/mol. The molecule has 1 rings (SSSR count). The van der Waals surface area contributed by atoms with E-state index in [2.05, 4.69) is 0 Å². The first kappa shape index (κ1) is 29.9. The Labute approximate surface area is 231 Å². The van der Waals surface area contributed by atoms with Crippen LogP contribution >= 0.6 is 7.82 Å². The number of hydrogen-bond donors (Lipinski definition) is 0. The SMILES string of the molecule is CC1(C)O[B]OC1(C)C.O=P([O-])([O-])[O-].[K+].[K+].[K+]. The number of phosphoric acid groups is 1. The third kappa shape index (κ3) is 15.7. The van der Waals surface area contributed by atoms with Crippen LogP contribution in [0.25, 0.3) is 0 Å². The van der Waals surface area contributed by atoms with Crippen molar-refractivity contribution in [1.29, 1.82) is 0 Å². The van der Waals surface area contributed by atoms with E-state index in [1.54, 1.807) is 0 Å². The minimum absolute atomic E-state index is 0. The van der Waals surface area contributed by atoms with Gasteiger partial charge in [0.25, 0.3) is 0 Å². The molecule has 0 atom stereocenters. The molecule has 0 aromatic heterocycles. The zero-order chi connectivity index (χ0) is 11.6. The first-order valence-corrected chi connectivity index (χ1v) is 5.32. The Morgan fingerprint density at radius 2 is 1.06 bits per heavy atom. The Morgan fingerprint density at radius 3 is 1.12 bits per heavy atom. The van der Waals surface area contributed by atoms with E-state index >= 15 is 0 Å². The maximum Gasteiger partial charge on any atom is 1.00 e. The topological polar surface area (TPSA) is 105 Å². The number of rotatable bonds is 0. The molecule has 17 heavy (non-hydrogen) atoms. The molecular formula is C6H12BK3O6P. The smallest absolute Gasteiger partial charge is 0.822 e. The van der Waals surface area contributed by atoms with E-state index in [0.717, 1.165) is 0 Å². The van der Waals surface area contributed by atoms with Gasteiger partial charge in [0, 0.05) is 0 Å². The van der Waals surface area contributed by atoms with Gasteiger partial charge in [-0.05, 0) is 27.7 Å². The van der Waals surface area contributed by atoms with Crippen molar-refractivity contribution < 1.29 is 183 Å². The second kappa shape index (κ2) is 12.4. The molecule has 1 aliphatic heterocycles. The van der Waals surface area contributed by atoms with E-state index in [4.69, 9.17) is 28.6 Å². The fourth-order valence-electron chi connectivity index (χ4n) is 0.548. The van der Waals surface area contributed by atoms with E-state index in [-0.39, 0.29) is 165 Å². The van der Waals surface area contributed by atoms with Crippen molar-refractivity contribution in [1.82, 2.24) is 0 Å². The summed E-state index contributed by atoms with van der Waals surface area (Å²) in [6.07, 6.45) is 0. The molecule has 1 fully saturated rings. The summed E-state index contributed by atoms with van der Waals surface area (Å²) in [6, 6.07) is 0. The van der Waals surface area contributed by atoms with Crippen LogP contribution in [0.5, 0.6) is 0 Å². The van der Waals surface area contributed by atoms with Crippen molar-refractivity contribution in [2.75, 3.05) is 0 Å². The zero-order valence-electron chi connectivity index (χ0n) is 11.5. The standard InChI is InChI=1S/C6H12BO2.3K.H3O4P/c1-5(2)6(3,4)9-7-8-5;;;;1-5(2,3)4/h1-4H3;;;;(H3,1,2,3,4)/q;3*+1;/p-3. The van der Waals surface area contributed by atoms with Crippen LogP contribution in [-0.4, -0.2) is 18.9 Å². The summed E-state index contributed by atoms with van der Waals surface area (Å²) in [6.45, 7) is 8.04. The third-order valence-electron chi connectivity index (χ3n) is 2.14. The molecule has 0 N–H and O–H groups in total. The van der Waals surface area contributed by atoms with Gasteiger partial charge in [0.2, 0.25) is 0 Å². The van der Waals surface area contributed by atoms with Crippen molar-refractivity contribution in [2.45, 2.75) is 38.9 Å². The molecule has 0 amide bonds. The van der Waals surface area contributed by atoms with Crippen LogP contribution in [0.4, 0.5) is 0 Å². The van der Waals surface area contributed by atoms with Crippen LogP contribution in [0, 0.1) is 0 Å². The van der Waals surface area contributed by atoms with Gasteiger partial charge in [-0.1, -0.05) is 0 Å². The van der Waals surface area contributed by atoms with E-state index in [9.17, 15) is 0 Å². The van der Waals surface area contributed by atoms with E-state index < -0.39 is 7.82 Å². The van der Waals surface area contributed by atoms with Crippen LogP contribution in [0.2, 0.25) is 0 Å². The van der Waals surface area contributed by atoms with Gasteiger partial charge >= 0.3 is 162 Å². The summed E-state index contributed by atoms with van der Waals surface area (Å²) in [5, 5.41) is 0. The van der Waals surface area contributed by atoms with Crippen molar-refractivity contribution in [3.63, 3.8) is 0 Å². The van der Waals surface area contributed by atoms with Crippen LogP contribution < -0.4 is 169 Å². The summed E-state index contributed by atoms with van der Waals surface area (Å²) < 4.78 is 19.0. The van der Waals surface area contributed by atoms with Crippen molar-refractivity contribution >= 4 is 15.5 Å². The zero-order valence-corrected chi connectivity index (χ0v) is 21.7. The first-order valence-electron chi connectivity index (χ1n) is 3.86. The summed E-state index contributed by atoms with van der Waals surface area (Å²) in [4.78, 5) is 25.6. The Morgan fingerprint density at radius 1 is 0.882 bits per heavy atom. The van der Waals surface area contributed by atoms with Crippen LogP contribution in [0.1, 0.15) is 27.7 Å². The van der Waals surface area contributed by atoms with Gasteiger partial charge in [-0.15, -0.1) is 0 Å². The van der Waals surface area contributed by atoms with Crippen molar-refractivity contribution in [3.05, 3.63) is 0 Å². The molecule has 1 saturated heterocycles. The van der Waals surface area contributed by atoms with Gasteiger partial charge in [-0.2, -0.15) is 7.82 Å². The summed E-state index contributed by atoms with van der Waals surface area (Å²) in [5.74, 6) is 0. The fraction of sp³-hybridized carbons (Fsp3) is 1.00. The molecule has 11 heteroatoms. The van der Waals surface area contributed by atoms with E-state index in [1.165, 1.54) is 7.69 Å². The third-order valence-corrected chi connectivity index (χ3v) is 2.14. The average Bonchev–Trinajstić information content (AvgIpc) is 2.01. The predicted octanol–water partition coefficient (Wildman–Crippen LogP) is -10.7. The Kier molecular flexibility index (Phi) is 21.9. The Hall–Kier alpha value is 5.00. The van der Waals surface area contributed by atoms with Crippen molar-refractivity contribution in [2.24, 2.45) is 0 Å². The normalized spacial score (nSPS) is 19.2. The van der Waals surface area contributed by atoms with Gasteiger partial charge in [-0.3, -0.25) is 0 Å².